The van der Waals surface area contributed by atoms with Crippen LogP contribution < -0.4 is 11.1 Å². The van der Waals surface area contributed by atoms with E-state index in [4.69, 9.17) is 5.73 Å². The van der Waals surface area contributed by atoms with E-state index in [1.54, 1.807) is 0 Å². The molecule has 0 radical (unpaired) electrons. The van der Waals surface area contributed by atoms with Crippen LogP contribution in [0.25, 0.3) is 11.0 Å². The van der Waals surface area contributed by atoms with E-state index in [-0.39, 0.29) is 33.9 Å². The van der Waals surface area contributed by atoms with E-state index in [1.165, 1.54) is 24.7 Å². The van der Waals surface area contributed by atoms with Crippen LogP contribution in [0.5, 0.6) is 0 Å². The van der Waals surface area contributed by atoms with Gasteiger partial charge in [0.15, 0.2) is 5.82 Å². The van der Waals surface area contributed by atoms with Gasteiger partial charge in [0.1, 0.15) is 23.2 Å². The van der Waals surface area contributed by atoms with E-state index in [0.29, 0.717) is 12.8 Å². The van der Waals surface area contributed by atoms with Crippen molar-refractivity contribution >= 4 is 22.8 Å². The Kier molecular flexibility index (Phi) is 6.37. The van der Waals surface area contributed by atoms with Crippen LogP contribution in [0.3, 0.4) is 0 Å². The van der Waals surface area contributed by atoms with Gasteiger partial charge in [0.05, 0.1) is 17.2 Å². The number of carbonyl (C=O) groups excluding carboxylic acids is 1. The molecular weight excluding hydrogens is 414 g/mol. The molecule has 3 rings (SSSR count). The Morgan fingerprint density at radius 3 is 2.48 bits per heavy atom. The first-order valence-corrected chi connectivity index (χ1v) is 9.60. The molecule has 0 unspecified atom stereocenters. The van der Waals surface area contributed by atoms with Gasteiger partial charge in [-0.05, 0) is 42.5 Å². The first-order chi connectivity index (χ1) is 14.6. The number of aromatic nitrogens is 3. The van der Waals surface area contributed by atoms with Gasteiger partial charge >= 0.3 is 6.18 Å². The number of nitrogens with zero attached hydrogens (tertiary/aromatic N) is 3. The normalized spacial score (nSPS) is 12.9. The largest absolute Gasteiger partial charge is 0.419 e. The maximum atomic E-state index is 13.8. The Bertz CT molecular complexity index is 1100. The van der Waals surface area contributed by atoms with E-state index in [9.17, 15) is 22.4 Å². The number of anilines is 1. The zero-order valence-corrected chi connectivity index (χ0v) is 16.9. The standard InChI is InChI=1S/C21H21F4N5O/c1-11(2)3-6-16(12-4-5-15(22)14(9-12)21(23,24)25)30-20-18-17(28-10-29-20)13(19(26)31)7-8-27-18/h4-5,7-11,16H,3,6H2,1-2H3,(H2,26,31)(H,28,29,30)/t16-/m1/s1. The molecule has 164 valence electrons. The van der Waals surface area contributed by atoms with Crippen LogP contribution in [0.2, 0.25) is 0 Å². The summed E-state index contributed by atoms with van der Waals surface area (Å²) in [5.41, 5.74) is 4.94. The Morgan fingerprint density at radius 2 is 1.84 bits per heavy atom. The van der Waals surface area contributed by atoms with E-state index in [2.05, 4.69) is 20.3 Å². The Labute approximate surface area is 175 Å². The summed E-state index contributed by atoms with van der Waals surface area (Å²) in [5.74, 6) is -1.51. The number of rotatable bonds is 7. The fourth-order valence-electron chi connectivity index (χ4n) is 3.23. The van der Waals surface area contributed by atoms with Crippen molar-refractivity contribution in [2.45, 2.75) is 38.9 Å². The third-order valence-electron chi connectivity index (χ3n) is 4.83. The van der Waals surface area contributed by atoms with Gasteiger partial charge in [-0.3, -0.25) is 9.78 Å². The maximum Gasteiger partial charge on any atom is 0.419 e. The number of benzene rings is 1. The fraction of sp³-hybridized carbons (Fsp3) is 0.333. The Balaban J connectivity index is 2.06. The van der Waals surface area contributed by atoms with Crippen molar-refractivity contribution in [2.24, 2.45) is 11.7 Å². The molecule has 1 amide bonds. The summed E-state index contributed by atoms with van der Waals surface area (Å²) in [4.78, 5) is 24.1. The third-order valence-corrected chi connectivity index (χ3v) is 4.83. The predicted molar refractivity (Wildman–Crippen MR) is 108 cm³/mol. The average Bonchev–Trinajstić information content (AvgIpc) is 2.70. The lowest BCUT2D eigenvalue weighted by Crippen LogP contribution is -2.17. The molecule has 3 aromatic rings. The van der Waals surface area contributed by atoms with Gasteiger partial charge in [-0.15, -0.1) is 0 Å². The van der Waals surface area contributed by atoms with Crippen LogP contribution in [-0.2, 0) is 6.18 Å². The molecule has 6 nitrogen and oxygen atoms in total. The summed E-state index contributed by atoms with van der Waals surface area (Å²) in [6.07, 6.45) is -1.08. The number of alkyl halides is 3. The van der Waals surface area contributed by atoms with Gasteiger partial charge in [-0.25, -0.2) is 14.4 Å². The molecule has 0 aliphatic carbocycles. The van der Waals surface area contributed by atoms with Gasteiger partial charge in [-0.2, -0.15) is 13.2 Å². The number of primary amides is 1. The summed E-state index contributed by atoms with van der Waals surface area (Å²) < 4.78 is 53.5. The zero-order chi connectivity index (χ0) is 22.8. The summed E-state index contributed by atoms with van der Waals surface area (Å²) in [6.45, 7) is 3.98. The second-order valence-corrected chi connectivity index (χ2v) is 7.55. The van der Waals surface area contributed by atoms with Crippen LogP contribution in [0, 0.1) is 11.7 Å². The van der Waals surface area contributed by atoms with Crippen molar-refractivity contribution in [3.05, 3.63) is 59.3 Å². The highest BCUT2D eigenvalue weighted by atomic mass is 19.4. The lowest BCUT2D eigenvalue weighted by Gasteiger charge is -2.22. The number of fused-ring (bicyclic) bond motifs is 1. The lowest BCUT2D eigenvalue weighted by molar-refractivity contribution is -0.140. The van der Waals surface area contributed by atoms with Gasteiger partial charge in [0.2, 0.25) is 0 Å². The van der Waals surface area contributed by atoms with Gasteiger partial charge in [0.25, 0.3) is 5.91 Å². The first-order valence-electron chi connectivity index (χ1n) is 9.60. The minimum absolute atomic E-state index is 0.148. The lowest BCUT2D eigenvalue weighted by atomic mass is 9.96. The predicted octanol–water partition coefficient (Wildman–Crippen LogP) is 4.87. The smallest absolute Gasteiger partial charge is 0.366 e. The molecule has 31 heavy (non-hydrogen) atoms. The van der Waals surface area contributed by atoms with Gasteiger partial charge in [-0.1, -0.05) is 19.9 Å². The monoisotopic (exact) mass is 435 g/mol. The number of carbonyl (C=O) groups is 1. The summed E-state index contributed by atoms with van der Waals surface area (Å²) in [7, 11) is 0. The molecule has 1 aromatic carbocycles. The molecule has 0 spiro atoms. The van der Waals surface area contributed by atoms with Crippen LogP contribution in [0.4, 0.5) is 23.4 Å². The van der Waals surface area contributed by atoms with Crippen molar-refractivity contribution in [1.82, 2.24) is 15.0 Å². The molecule has 3 N–H and O–H groups in total. The van der Waals surface area contributed by atoms with E-state index < -0.39 is 29.5 Å². The first kappa shape index (κ1) is 22.4. The minimum Gasteiger partial charge on any atom is -0.366 e. The molecule has 2 aromatic heterocycles. The van der Waals surface area contributed by atoms with E-state index >= 15 is 0 Å². The number of pyridine rings is 1. The molecule has 0 saturated heterocycles. The molecule has 0 aliphatic rings. The van der Waals surface area contributed by atoms with Crippen molar-refractivity contribution in [2.75, 3.05) is 5.32 Å². The van der Waals surface area contributed by atoms with Crippen molar-refractivity contribution in [1.29, 1.82) is 0 Å². The van der Waals surface area contributed by atoms with Crippen LogP contribution in [0.15, 0.2) is 36.8 Å². The molecule has 0 aliphatic heterocycles. The van der Waals surface area contributed by atoms with Crippen molar-refractivity contribution in [3.8, 4) is 0 Å². The molecule has 10 heteroatoms. The van der Waals surface area contributed by atoms with Crippen LogP contribution in [0.1, 0.15) is 54.2 Å². The van der Waals surface area contributed by atoms with Gasteiger partial charge < -0.3 is 11.1 Å². The van der Waals surface area contributed by atoms with E-state index in [0.717, 1.165) is 12.1 Å². The molecule has 0 saturated carbocycles. The number of hydrogen-bond acceptors (Lipinski definition) is 5. The second kappa shape index (κ2) is 8.83. The SMILES string of the molecule is CC(C)CC[C@@H](Nc1ncnc2c(C(N)=O)ccnc12)c1ccc(F)c(C(F)(F)F)c1. The highest BCUT2D eigenvalue weighted by molar-refractivity contribution is 6.05. The molecule has 0 bridgehead atoms. The van der Waals surface area contributed by atoms with Crippen LogP contribution >= 0.6 is 0 Å². The van der Waals surface area contributed by atoms with Crippen molar-refractivity contribution in [3.63, 3.8) is 0 Å². The quantitative estimate of drug-likeness (QED) is 0.517. The number of hydrogen-bond donors (Lipinski definition) is 2. The molecule has 2 heterocycles. The van der Waals surface area contributed by atoms with Crippen LogP contribution in [-0.4, -0.2) is 20.9 Å². The molecular formula is C21H21F4N5O. The maximum absolute atomic E-state index is 13.8. The van der Waals surface area contributed by atoms with Gasteiger partial charge in [0, 0.05) is 6.20 Å². The number of nitrogens with one attached hydrogen (secondary N) is 1. The second-order valence-electron chi connectivity index (χ2n) is 7.55. The minimum atomic E-state index is -4.82. The van der Waals surface area contributed by atoms with Crippen molar-refractivity contribution < 1.29 is 22.4 Å². The number of nitrogens with two attached hydrogens (primary N) is 1. The highest BCUT2D eigenvalue weighted by Crippen LogP contribution is 2.35. The zero-order valence-electron chi connectivity index (χ0n) is 16.9. The highest BCUT2D eigenvalue weighted by Gasteiger charge is 2.34. The summed E-state index contributed by atoms with van der Waals surface area (Å²) in [5, 5.41) is 3.10. The average molecular weight is 435 g/mol. The molecule has 1 atom stereocenters. The van der Waals surface area contributed by atoms with E-state index in [1.807, 2.05) is 13.8 Å². The summed E-state index contributed by atoms with van der Waals surface area (Å²) in [6, 6.07) is 3.74. The third kappa shape index (κ3) is 5.07. The fourth-order valence-corrected chi connectivity index (χ4v) is 3.23. The summed E-state index contributed by atoms with van der Waals surface area (Å²) >= 11 is 0. The number of halogens is 4. The topological polar surface area (TPSA) is 93.8 Å². The molecule has 0 fully saturated rings. The Morgan fingerprint density at radius 1 is 1.10 bits per heavy atom. The number of amides is 1. The Hall–Kier alpha value is -3.30.